The Kier molecular flexibility index (Phi) is 4.98. The lowest BCUT2D eigenvalue weighted by Gasteiger charge is -2.09. The monoisotopic (exact) mass is 327 g/mol. The molecule has 0 aliphatic heterocycles. The van der Waals surface area contributed by atoms with E-state index in [0.29, 0.717) is 5.11 Å². The minimum Gasteiger partial charge on any atom is -0.362 e. The van der Waals surface area contributed by atoms with Gasteiger partial charge in [-0.3, -0.25) is 0 Å². The summed E-state index contributed by atoms with van der Waals surface area (Å²) in [5.41, 5.74) is 2.30. The van der Waals surface area contributed by atoms with Gasteiger partial charge in [0, 0.05) is 19.5 Å². The molecular weight excluding hydrogens is 310 g/mol. The summed E-state index contributed by atoms with van der Waals surface area (Å²) >= 11 is 7.04. The molecule has 0 amide bonds. The van der Waals surface area contributed by atoms with Crippen molar-refractivity contribution in [2.24, 2.45) is 0 Å². The standard InChI is InChI=1S/C17H17N3S2/c21-17(19-12-13-6-2-1-3-7-13)18-11-10-16-20-14-8-4-5-9-15(14)22-16/h1-9H,10-12H2,(H2,18,19,21). The molecule has 5 heteroatoms. The van der Waals surface area contributed by atoms with Gasteiger partial charge >= 0.3 is 0 Å². The molecule has 0 fully saturated rings. The molecule has 1 aromatic heterocycles. The van der Waals surface area contributed by atoms with E-state index in [0.717, 1.165) is 30.0 Å². The number of hydrogen-bond donors (Lipinski definition) is 2. The van der Waals surface area contributed by atoms with Gasteiger partial charge in [0.25, 0.3) is 0 Å². The van der Waals surface area contributed by atoms with E-state index in [2.05, 4.69) is 39.9 Å². The van der Waals surface area contributed by atoms with Crippen molar-refractivity contribution in [2.45, 2.75) is 13.0 Å². The van der Waals surface area contributed by atoms with Crippen molar-refractivity contribution in [1.29, 1.82) is 0 Å². The maximum Gasteiger partial charge on any atom is 0.166 e. The molecule has 0 aliphatic carbocycles. The van der Waals surface area contributed by atoms with Crippen LogP contribution in [0.3, 0.4) is 0 Å². The van der Waals surface area contributed by atoms with Gasteiger partial charge in [-0.25, -0.2) is 4.98 Å². The predicted molar refractivity (Wildman–Crippen MR) is 97.2 cm³/mol. The summed E-state index contributed by atoms with van der Waals surface area (Å²) in [5, 5.41) is 8.27. The molecule has 0 bridgehead atoms. The van der Waals surface area contributed by atoms with Gasteiger partial charge < -0.3 is 10.6 Å². The first-order valence-corrected chi connectivity index (χ1v) is 8.44. The van der Waals surface area contributed by atoms with Gasteiger partial charge in [-0.2, -0.15) is 0 Å². The number of thiocarbonyl (C=S) groups is 1. The highest BCUT2D eigenvalue weighted by Gasteiger charge is 2.03. The van der Waals surface area contributed by atoms with Crippen LogP contribution in [-0.2, 0) is 13.0 Å². The first-order chi connectivity index (χ1) is 10.8. The van der Waals surface area contributed by atoms with E-state index in [4.69, 9.17) is 12.2 Å². The third kappa shape index (κ3) is 4.02. The molecule has 0 saturated heterocycles. The van der Waals surface area contributed by atoms with Gasteiger partial charge in [-0.15, -0.1) is 11.3 Å². The highest BCUT2D eigenvalue weighted by Crippen LogP contribution is 2.21. The maximum absolute atomic E-state index is 5.29. The van der Waals surface area contributed by atoms with Gasteiger partial charge in [0.05, 0.1) is 15.2 Å². The van der Waals surface area contributed by atoms with Crippen LogP contribution in [-0.4, -0.2) is 16.6 Å². The van der Waals surface area contributed by atoms with Gasteiger partial charge in [-0.1, -0.05) is 42.5 Å². The molecule has 3 aromatic rings. The average molecular weight is 327 g/mol. The molecule has 22 heavy (non-hydrogen) atoms. The smallest absolute Gasteiger partial charge is 0.166 e. The second-order valence-electron chi connectivity index (χ2n) is 4.92. The largest absolute Gasteiger partial charge is 0.362 e. The Labute approximate surface area is 139 Å². The first kappa shape index (κ1) is 14.9. The van der Waals surface area contributed by atoms with E-state index in [1.165, 1.54) is 10.3 Å². The quantitative estimate of drug-likeness (QED) is 0.703. The van der Waals surface area contributed by atoms with Crippen molar-refractivity contribution >= 4 is 38.9 Å². The minimum absolute atomic E-state index is 0.685. The first-order valence-electron chi connectivity index (χ1n) is 7.21. The minimum atomic E-state index is 0.685. The van der Waals surface area contributed by atoms with Crippen molar-refractivity contribution in [3.05, 3.63) is 65.2 Å². The molecule has 2 aromatic carbocycles. The van der Waals surface area contributed by atoms with E-state index in [1.54, 1.807) is 11.3 Å². The summed E-state index contributed by atoms with van der Waals surface area (Å²) in [6.07, 6.45) is 0.881. The van der Waals surface area contributed by atoms with Gasteiger partial charge in [0.1, 0.15) is 0 Å². The fourth-order valence-corrected chi connectivity index (χ4v) is 3.29. The summed E-state index contributed by atoms with van der Waals surface area (Å²) in [4.78, 5) is 4.62. The van der Waals surface area contributed by atoms with E-state index < -0.39 is 0 Å². The van der Waals surface area contributed by atoms with Gasteiger partial charge in [-0.05, 0) is 29.9 Å². The van der Waals surface area contributed by atoms with Crippen LogP contribution < -0.4 is 10.6 Å². The lowest BCUT2D eigenvalue weighted by Crippen LogP contribution is -2.35. The van der Waals surface area contributed by atoms with Crippen LogP contribution in [0.2, 0.25) is 0 Å². The predicted octanol–water partition coefficient (Wildman–Crippen LogP) is 3.50. The summed E-state index contributed by atoms with van der Waals surface area (Å²) < 4.78 is 1.24. The van der Waals surface area contributed by atoms with Crippen molar-refractivity contribution < 1.29 is 0 Å². The fourth-order valence-electron chi connectivity index (χ4n) is 2.15. The number of nitrogens with zero attached hydrogens (tertiary/aromatic N) is 1. The molecule has 0 saturated carbocycles. The molecule has 112 valence electrons. The van der Waals surface area contributed by atoms with E-state index in [1.807, 2.05) is 30.3 Å². The van der Waals surface area contributed by atoms with Gasteiger partial charge in [0.15, 0.2) is 5.11 Å². The normalized spacial score (nSPS) is 10.5. The topological polar surface area (TPSA) is 37.0 Å². The lowest BCUT2D eigenvalue weighted by molar-refractivity contribution is 0.812. The Morgan fingerprint density at radius 1 is 1.00 bits per heavy atom. The molecule has 3 rings (SSSR count). The maximum atomic E-state index is 5.29. The Morgan fingerprint density at radius 2 is 1.77 bits per heavy atom. The number of fused-ring (bicyclic) bond motifs is 1. The molecular formula is C17H17N3S2. The number of aromatic nitrogens is 1. The SMILES string of the molecule is S=C(NCCc1nc2ccccc2s1)NCc1ccccc1. The second-order valence-corrected chi connectivity index (χ2v) is 6.44. The molecule has 3 nitrogen and oxygen atoms in total. The summed E-state index contributed by atoms with van der Waals surface area (Å²) in [6.45, 7) is 1.54. The third-order valence-electron chi connectivity index (χ3n) is 3.26. The number of benzene rings is 2. The van der Waals surface area contributed by atoms with Crippen LogP contribution in [0.4, 0.5) is 0 Å². The van der Waals surface area contributed by atoms with Crippen molar-refractivity contribution in [2.75, 3.05) is 6.54 Å². The van der Waals surface area contributed by atoms with Crippen LogP contribution in [0.1, 0.15) is 10.6 Å². The molecule has 1 heterocycles. The molecule has 0 aliphatic rings. The van der Waals surface area contributed by atoms with E-state index in [-0.39, 0.29) is 0 Å². The summed E-state index contributed by atoms with van der Waals surface area (Å²) in [5.74, 6) is 0. The second kappa shape index (κ2) is 7.33. The van der Waals surface area contributed by atoms with Crippen LogP contribution in [0.5, 0.6) is 0 Å². The zero-order valence-electron chi connectivity index (χ0n) is 12.1. The molecule has 2 N–H and O–H groups in total. The lowest BCUT2D eigenvalue weighted by atomic mass is 10.2. The number of rotatable bonds is 5. The van der Waals surface area contributed by atoms with E-state index >= 15 is 0 Å². The molecule has 0 atom stereocenters. The Balaban J connectivity index is 1.43. The summed E-state index contributed by atoms with van der Waals surface area (Å²) in [6, 6.07) is 18.5. The molecule has 0 unspecified atom stereocenters. The number of para-hydroxylation sites is 1. The fraction of sp³-hybridized carbons (Fsp3) is 0.176. The van der Waals surface area contributed by atoms with Crippen LogP contribution in [0.25, 0.3) is 10.2 Å². The summed E-state index contributed by atoms with van der Waals surface area (Å²) in [7, 11) is 0. The molecule has 0 radical (unpaired) electrons. The zero-order valence-corrected chi connectivity index (χ0v) is 13.7. The van der Waals surface area contributed by atoms with Gasteiger partial charge in [0.2, 0.25) is 0 Å². The highest BCUT2D eigenvalue weighted by atomic mass is 32.1. The Bertz CT molecular complexity index is 720. The number of nitrogens with one attached hydrogen (secondary N) is 2. The molecule has 0 spiro atoms. The van der Waals surface area contributed by atoms with Crippen LogP contribution >= 0.6 is 23.6 Å². The Morgan fingerprint density at radius 3 is 2.59 bits per heavy atom. The number of thiazole rings is 1. The number of hydrogen-bond acceptors (Lipinski definition) is 3. The third-order valence-corrected chi connectivity index (χ3v) is 4.64. The van der Waals surface area contributed by atoms with Crippen LogP contribution in [0, 0.1) is 0 Å². The van der Waals surface area contributed by atoms with Crippen LogP contribution in [0.15, 0.2) is 54.6 Å². The van der Waals surface area contributed by atoms with Crippen molar-refractivity contribution in [3.8, 4) is 0 Å². The van der Waals surface area contributed by atoms with E-state index in [9.17, 15) is 0 Å². The zero-order chi connectivity index (χ0) is 15.2. The highest BCUT2D eigenvalue weighted by molar-refractivity contribution is 7.80. The van der Waals surface area contributed by atoms with Crippen molar-refractivity contribution in [1.82, 2.24) is 15.6 Å². The average Bonchev–Trinajstić information content (AvgIpc) is 2.96. The Hall–Kier alpha value is -1.98. The van der Waals surface area contributed by atoms with Crippen molar-refractivity contribution in [3.63, 3.8) is 0 Å².